The summed E-state index contributed by atoms with van der Waals surface area (Å²) < 4.78 is 23.7. The predicted octanol–water partition coefficient (Wildman–Crippen LogP) is 0.486. The third-order valence-electron chi connectivity index (χ3n) is 3.35. The maximum atomic E-state index is 12.7. The van der Waals surface area contributed by atoms with Crippen LogP contribution in [0.4, 0.5) is 4.39 Å². The SMILES string of the molecule is CN1CCO[C@@H](CNC[C@H](O)COc2ccc(F)cc2)C1. The van der Waals surface area contributed by atoms with E-state index in [-0.39, 0.29) is 18.5 Å². The van der Waals surface area contributed by atoms with Crippen molar-refractivity contribution in [3.8, 4) is 5.75 Å². The Morgan fingerprint density at radius 2 is 2.24 bits per heavy atom. The molecule has 1 aliphatic rings. The van der Waals surface area contributed by atoms with Crippen molar-refractivity contribution < 1.29 is 19.0 Å². The van der Waals surface area contributed by atoms with Crippen LogP contribution in [0.3, 0.4) is 0 Å². The largest absolute Gasteiger partial charge is 0.491 e. The molecule has 2 atom stereocenters. The van der Waals surface area contributed by atoms with Gasteiger partial charge in [-0.2, -0.15) is 0 Å². The summed E-state index contributed by atoms with van der Waals surface area (Å²) in [6, 6.07) is 5.75. The Kier molecular flexibility index (Phi) is 6.38. The van der Waals surface area contributed by atoms with Crippen LogP contribution in [0.5, 0.6) is 5.75 Å². The highest BCUT2D eigenvalue weighted by molar-refractivity contribution is 5.22. The molecule has 1 aromatic carbocycles. The molecule has 1 aliphatic heterocycles. The summed E-state index contributed by atoms with van der Waals surface area (Å²) in [5.74, 6) is 0.245. The summed E-state index contributed by atoms with van der Waals surface area (Å²) in [6.45, 7) is 3.92. The van der Waals surface area contributed by atoms with Crippen molar-refractivity contribution in [3.05, 3.63) is 30.1 Å². The lowest BCUT2D eigenvalue weighted by atomic mass is 10.2. The molecular formula is C15H23FN2O3. The molecule has 0 unspecified atom stereocenters. The lowest BCUT2D eigenvalue weighted by molar-refractivity contribution is -0.0196. The zero-order valence-electron chi connectivity index (χ0n) is 12.3. The lowest BCUT2D eigenvalue weighted by Crippen LogP contribution is -2.46. The minimum absolute atomic E-state index is 0.161. The standard InChI is InChI=1S/C15H23FN2O3/c1-18-6-7-20-15(10-18)9-17-8-13(19)11-21-14-4-2-12(16)3-5-14/h2-5,13,15,17,19H,6-11H2,1H3/t13-,15-/m0/s1. The van der Waals surface area contributed by atoms with Gasteiger partial charge in [-0.05, 0) is 31.3 Å². The second kappa shape index (κ2) is 8.29. The number of ether oxygens (including phenoxy) is 2. The van der Waals surface area contributed by atoms with Crippen LogP contribution in [0.1, 0.15) is 0 Å². The number of aliphatic hydroxyl groups excluding tert-OH is 1. The van der Waals surface area contributed by atoms with Crippen LogP contribution in [0, 0.1) is 5.82 Å². The molecule has 21 heavy (non-hydrogen) atoms. The van der Waals surface area contributed by atoms with Gasteiger partial charge in [0.2, 0.25) is 0 Å². The Bertz CT molecular complexity index is 416. The van der Waals surface area contributed by atoms with Crippen molar-refractivity contribution in [1.82, 2.24) is 10.2 Å². The first kappa shape index (κ1) is 16.2. The molecule has 1 fully saturated rings. The average Bonchev–Trinajstić information content (AvgIpc) is 2.47. The minimum atomic E-state index is -0.614. The van der Waals surface area contributed by atoms with Crippen molar-refractivity contribution >= 4 is 0 Å². The Balaban J connectivity index is 1.59. The van der Waals surface area contributed by atoms with Crippen LogP contribution in [-0.2, 0) is 4.74 Å². The Morgan fingerprint density at radius 1 is 1.48 bits per heavy atom. The van der Waals surface area contributed by atoms with Crippen molar-refractivity contribution in [1.29, 1.82) is 0 Å². The highest BCUT2D eigenvalue weighted by Crippen LogP contribution is 2.11. The van der Waals surface area contributed by atoms with E-state index in [1.54, 1.807) is 12.1 Å². The van der Waals surface area contributed by atoms with E-state index >= 15 is 0 Å². The summed E-state index contributed by atoms with van der Waals surface area (Å²) in [6.07, 6.45) is -0.453. The first-order valence-corrected chi connectivity index (χ1v) is 7.21. The van der Waals surface area contributed by atoms with Crippen LogP contribution in [0.2, 0.25) is 0 Å². The molecule has 6 heteroatoms. The number of benzene rings is 1. The van der Waals surface area contributed by atoms with E-state index in [2.05, 4.69) is 17.3 Å². The van der Waals surface area contributed by atoms with Gasteiger partial charge < -0.3 is 24.8 Å². The lowest BCUT2D eigenvalue weighted by Gasteiger charge is -2.30. The third-order valence-corrected chi connectivity index (χ3v) is 3.35. The van der Waals surface area contributed by atoms with Crippen LogP contribution in [0.15, 0.2) is 24.3 Å². The molecule has 2 rings (SSSR count). The summed E-state index contributed by atoms with van der Waals surface area (Å²) in [5.41, 5.74) is 0. The number of morpholine rings is 1. The van der Waals surface area contributed by atoms with Gasteiger partial charge in [-0.1, -0.05) is 0 Å². The third kappa shape index (κ3) is 5.97. The number of aliphatic hydroxyl groups is 1. The molecule has 1 saturated heterocycles. The smallest absolute Gasteiger partial charge is 0.123 e. The summed E-state index contributed by atoms with van der Waals surface area (Å²) in [5, 5.41) is 13.0. The van der Waals surface area contributed by atoms with Crippen LogP contribution < -0.4 is 10.1 Å². The van der Waals surface area contributed by atoms with Crippen molar-refractivity contribution in [2.24, 2.45) is 0 Å². The normalized spacial score (nSPS) is 21.2. The average molecular weight is 298 g/mol. The molecule has 0 spiro atoms. The molecule has 1 aromatic rings. The van der Waals surface area contributed by atoms with Crippen LogP contribution in [-0.4, -0.2) is 68.7 Å². The highest BCUT2D eigenvalue weighted by atomic mass is 19.1. The first-order chi connectivity index (χ1) is 10.1. The zero-order valence-corrected chi connectivity index (χ0v) is 12.3. The molecule has 1 heterocycles. The van der Waals surface area contributed by atoms with Crippen molar-refractivity contribution in [2.75, 3.05) is 46.4 Å². The van der Waals surface area contributed by atoms with E-state index in [0.29, 0.717) is 18.8 Å². The van der Waals surface area contributed by atoms with E-state index in [4.69, 9.17) is 9.47 Å². The molecule has 0 saturated carbocycles. The van der Waals surface area contributed by atoms with Gasteiger partial charge >= 0.3 is 0 Å². The number of nitrogens with one attached hydrogen (secondary N) is 1. The Labute approximate surface area is 124 Å². The second-order valence-electron chi connectivity index (χ2n) is 5.33. The van der Waals surface area contributed by atoms with Crippen LogP contribution >= 0.6 is 0 Å². The first-order valence-electron chi connectivity index (χ1n) is 7.21. The highest BCUT2D eigenvalue weighted by Gasteiger charge is 2.17. The molecule has 0 aromatic heterocycles. The van der Waals surface area contributed by atoms with Gasteiger partial charge in [-0.3, -0.25) is 0 Å². The van der Waals surface area contributed by atoms with Gasteiger partial charge in [0.25, 0.3) is 0 Å². The molecule has 0 radical (unpaired) electrons. The predicted molar refractivity (Wildman–Crippen MR) is 78.0 cm³/mol. The summed E-state index contributed by atoms with van der Waals surface area (Å²) in [4.78, 5) is 2.23. The molecule has 0 aliphatic carbocycles. The molecular weight excluding hydrogens is 275 g/mol. The van der Waals surface area contributed by atoms with Crippen molar-refractivity contribution in [3.63, 3.8) is 0 Å². The van der Waals surface area contributed by atoms with Crippen LogP contribution in [0.25, 0.3) is 0 Å². The van der Waals surface area contributed by atoms with Gasteiger partial charge in [-0.15, -0.1) is 0 Å². The van der Waals surface area contributed by atoms with Gasteiger partial charge in [0, 0.05) is 26.2 Å². The minimum Gasteiger partial charge on any atom is -0.491 e. The fraction of sp³-hybridized carbons (Fsp3) is 0.600. The fourth-order valence-electron chi connectivity index (χ4n) is 2.18. The number of halogens is 1. The van der Waals surface area contributed by atoms with Gasteiger partial charge in [0.05, 0.1) is 12.7 Å². The molecule has 5 nitrogen and oxygen atoms in total. The van der Waals surface area contributed by atoms with Crippen molar-refractivity contribution in [2.45, 2.75) is 12.2 Å². The molecule has 2 N–H and O–H groups in total. The number of nitrogens with zero attached hydrogens (tertiary/aromatic N) is 1. The van der Waals surface area contributed by atoms with E-state index in [1.165, 1.54) is 12.1 Å². The van der Waals surface area contributed by atoms with Gasteiger partial charge in [-0.25, -0.2) is 4.39 Å². The van der Waals surface area contributed by atoms with E-state index < -0.39 is 6.10 Å². The van der Waals surface area contributed by atoms with E-state index in [1.807, 2.05) is 0 Å². The molecule has 0 bridgehead atoms. The summed E-state index contributed by atoms with van der Waals surface area (Å²) >= 11 is 0. The maximum absolute atomic E-state index is 12.7. The fourth-order valence-corrected chi connectivity index (χ4v) is 2.18. The topological polar surface area (TPSA) is 54.0 Å². The summed E-state index contributed by atoms with van der Waals surface area (Å²) in [7, 11) is 2.07. The number of hydrogen-bond donors (Lipinski definition) is 2. The molecule has 0 amide bonds. The van der Waals surface area contributed by atoms with Gasteiger partial charge in [0.1, 0.15) is 24.3 Å². The number of likely N-dealkylation sites (N-methyl/N-ethyl adjacent to an activating group) is 1. The van der Waals surface area contributed by atoms with E-state index in [9.17, 15) is 9.50 Å². The van der Waals surface area contributed by atoms with E-state index in [0.717, 1.165) is 19.7 Å². The Hall–Kier alpha value is -1.21. The number of rotatable bonds is 7. The maximum Gasteiger partial charge on any atom is 0.123 e. The number of hydrogen-bond acceptors (Lipinski definition) is 5. The Morgan fingerprint density at radius 3 is 2.95 bits per heavy atom. The quantitative estimate of drug-likeness (QED) is 0.767. The van der Waals surface area contributed by atoms with Gasteiger partial charge in [0.15, 0.2) is 0 Å². The zero-order chi connectivity index (χ0) is 15.1. The second-order valence-corrected chi connectivity index (χ2v) is 5.33. The molecule has 118 valence electrons. The monoisotopic (exact) mass is 298 g/mol.